The summed E-state index contributed by atoms with van der Waals surface area (Å²) in [5.41, 5.74) is 2.13. The standard InChI is InChI=1S/C18H19N5O2/c1-19-16-8-4-7-14(20-16)15-11-23(9-10-25-15)18(24)17-12-5-2-3-6-13(12)21-22-17/h2-8,15H,9-11H2,1H3,(H,19,20)(H,21,22). The number of aromatic amines is 1. The van der Waals surface area contributed by atoms with Gasteiger partial charge in [0.15, 0.2) is 5.69 Å². The number of amides is 1. The molecule has 2 N–H and O–H groups in total. The number of anilines is 1. The number of nitrogens with one attached hydrogen (secondary N) is 2. The lowest BCUT2D eigenvalue weighted by atomic mass is 10.1. The van der Waals surface area contributed by atoms with E-state index in [0.29, 0.717) is 25.4 Å². The summed E-state index contributed by atoms with van der Waals surface area (Å²) in [5.74, 6) is 0.693. The number of hydrogen-bond donors (Lipinski definition) is 2. The van der Waals surface area contributed by atoms with Crippen LogP contribution in [0.2, 0.25) is 0 Å². The molecule has 0 radical (unpaired) electrons. The first-order valence-electron chi connectivity index (χ1n) is 8.25. The third-order valence-corrected chi connectivity index (χ3v) is 4.38. The molecule has 0 spiro atoms. The Hall–Kier alpha value is -2.93. The molecule has 0 aliphatic carbocycles. The topological polar surface area (TPSA) is 83.1 Å². The summed E-state index contributed by atoms with van der Waals surface area (Å²) in [4.78, 5) is 19.2. The molecule has 1 saturated heterocycles. The highest BCUT2D eigenvalue weighted by atomic mass is 16.5. The summed E-state index contributed by atoms with van der Waals surface area (Å²) in [7, 11) is 1.83. The second-order valence-corrected chi connectivity index (χ2v) is 5.93. The summed E-state index contributed by atoms with van der Waals surface area (Å²) in [5, 5.41) is 11.0. The van der Waals surface area contributed by atoms with Crippen LogP contribution in [-0.2, 0) is 4.74 Å². The summed E-state index contributed by atoms with van der Waals surface area (Å²) in [6, 6.07) is 13.4. The number of H-pyrrole nitrogens is 1. The molecule has 3 heterocycles. The SMILES string of the molecule is CNc1cccc(C2CN(C(=O)c3n[nH]c4ccccc34)CCO2)n1. The van der Waals surface area contributed by atoms with Crippen LogP contribution in [0.1, 0.15) is 22.3 Å². The lowest BCUT2D eigenvalue weighted by Crippen LogP contribution is -2.42. The Morgan fingerprint density at radius 2 is 2.16 bits per heavy atom. The van der Waals surface area contributed by atoms with Crippen molar-refractivity contribution in [3.63, 3.8) is 0 Å². The van der Waals surface area contributed by atoms with Gasteiger partial charge in [0.2, 0.25) is 0 Å². The number of carbonyl (C=O) groups excluding carboxylic acids is 1. The molecule has 1 aromatic carbocycles. The summed E-state index contributed by atoms with van der Waals surface area (Å²) in [6.45, 7) is 1.48. The number of benzene rings is 1. The van der Waals surface area contributed by atoms with Crippen LogP contribution >= 0.6 is 0 Å². The van der Waals surface area contributed by atoms with E-state index in [1.54, 1.807) is 4.90 Å². The van der Waals surface area contributed by atoms with Crippen LogP contribution in [-0.4, -0.2) is 52.7 Å². The van der Waals surface area contributed by atoms with Crippen molar-refractivity contribution in [1.29, 1.82) is 0 Å². The minimum Gasteiger partial charge on any atom is -0.373 e. The number of carbonyl (C=O) groups is 1. The second kappa shape index (κ2) is 6.52. The largest absolute Gasteiger partial charge is 0.373 e. The Morgan fingerprint density at radius 1 is 1.28 bits per heavy atom. The molecule has 25 heavy (non-hydrogen) atoms. The Bertz CT molecular complexity index is 907. The first-order valence-corrected chi connectivity index (χ1v) is 8.25. The minimum absolute atomic E-state index is 0.0875. The molecule has 1 fully saturated rings. The quantitative estimate of drug-likeness (QED) is 0.766. The fourth-order valence-corrected chi connectivity index (χ4v) is 3.06. The molecule has 1 unspecified atom stereocenters. The Kier molecular flexibility index (Phi) is 4.07. The molecule has 1 atom stereocenters. The van der Waals surface area contributed by atoms with Crippen LogP contribution < -0.4 is 5.32 Å². The molecule has 0 bridgehead atoms. The fourth-order valence-electron chi connectivity index (χ4n) is 3.06. The van der Waals surface area contributed by atoms with E-state index in [-0.39, 0.29) is 12.0 Å². The average molecular weight is 337 g/mol. The molecular weight excluding hydrogens is 318 g/mol. The predicted octanol–water partition coefficient (Wildman–Crippen LogP) is 2.21. The van der Waals surface area contributed by atoms with Gasteiger partial charge in [0.1, 0.15) is 11.9 Å². The number of morpholine rings is 1. The van der Waals surface area contributed by atoms with Crippen LogP contribution in [0.5, 0.6) is 0 Å². The molecule has 3 aromatic rings. The van der Waals surface area contributed by atoms with Crippen molar-refractivity contribution in [3.8, 4) is 0 Å². The van der Waals surface area contributed by atoms with E-state index in [1.807, 2.05) is 49.5 Å². The number of hydrogen-bond acceptors (Lipinski definition) is 5. The lowest BCUT2D eigenvalue weighted by Gasteiger charge is -2.32. The van der Waals surface area contributed by atoms with Crippen LogP contribution in [0.25, 0.3) is 10.9 Å². The predicted molar refractivity (Wildman–Crippen MR) is 94.5 cm³/mol. The highest BCUT2D eigenvalue weighted by Gasteiger charge is 2.29. The van der Waals surface area contributed by atoms with Gasteiger partial charge in [-0.05, 0) is 18.2 Å². The summed E-state index contributed by atoms with van der Waals surface area (Å²) < 4.78 is 5.84. The van der Waals surface area contributed by atoms with Crippen molar-refractivity contribution in [2.45, 2.75) is 6.10 Å². The van der Waals surface area contributed by atoms with Crippen molar-refractivity contribution in [2.24, 2.45) is 0 Å². The maximum absolute atomic E-state index is 12.9. The Balaban J connectivity index is 1.57. The van der Waals surface area contributed by atoms with E-state index in [4.69, 9.17) is 4.74 Å². The molecule has 2 aromatic heterocycles. The monoisotopic (exact) mass is 337 g/mol. The number of pyridine rings is 1. The van der Waals surface area contributed by atoms with Gasteiger partial charge < -0.3 is 15.0 Å². The number of aromatic nitrogens is 3. The van der Waals surface area contributed by atoms with Gasteiger partial charge >= 0.3 is 0 Å². The van der Waals surface area contributed by atoms with E-state index in [1.165, 1.54) is 0 Å². The molecule has 1 amide bonds. The van der Waals surface area contributed by atoms with E-state index in [0.717, 1.165) is 22.4 Å². The maximum atomic E-state index is 12.9. The van der Waals surface area contributed by atoms with Gasteiger partial charge in [0.05, 0.1) is 24.4 Å². The smallest absolute Gasteiger partial charge is 0.275 e. The molecular formula is C18H19N5O2. The van der Waals surface area contributed by atoms with Gasteiger partial charge in [-0.3, -0.25) is 9.89 Å². The minimum atomic E-state index is -0.240. The molecule has 0 saturated carbocycles. The molecule has 1 aliphatic heterocycles. The first kappa shape index (κ1) is 15.6. The van der Waals surface area contributed by atoms with Gasteiger partial charge in [0, 0.05) is 19.0 Å². The van der Waals surface area contributed by atoms with Crippen molar-refractivity contribution in [3.05, 3.63) is 53.9 Å². The van der Waals surface area contributed by atoms with Gasteiger partial charge in [-0.25, -0.2) is 4.98 Å². The van der Waals surface area contributed by atoms with Gasteiger partial charge in [-0.15, -0.1) is 0 Å². The molecule has 128 valence electrons. The molecule has 7 heteroatoms. The van der Waals surface area contributed by atoms with E-state index in [9.17, 15) is 4.79 Å². The van der Waals surface area contributed by atoms with Crippen LogP contribution in [0, 0.1) is 0 Å². The Morgan fingerprint density at radius 3 is 3.04 bits per heavy atom. The van der Waals surface area contributed by atoms with Crippen LogP contribution in [0.4, 0.5) is 5.82 Å². The average Bonchev–Trinajstić information content (AvgIpc) is 3.11. The number of para-hydroxylation sites is 1. The van der Waals surface area contributed by atoms with Gasteiger partial charge in [0.25, 0.3) is 5.91 Å². The zero-order valence-electron chi connectivity index (χ0n) is 13.9. The molecule has 1 aliphatic rings. The maximum Gasteiger partial charge on any atom is 0.275 e. The zero-order chi connectivity index (χ0) is 17.2. The van der Waals surface area contributed by atoms with Crippen LogP contribution in [0.3, 0.4) is 0 Å². The normalized spacial score (nSPS) is 17.6. The van der Waals surface area contributed by atoms with E-state index in [2.05, 4.69) is 20.5 Å². The zero-order valence-corrected chi connectivity index (χ0v) is 13.9. The van der Waals surface area contributed by atoms with E-state index < -0.39 is 0 Å². The number of nitrogens with zero attached hydrogens (tertiary/aromatic N) is 3. The number of fused-ring (bicyclic) bond motifs is 1. The van der Waals surface area contributed by atoms with Crippen molar-refractivity contribution in [2.75, 3.05) is 32.1 Å². The van der Waals surface area contributed by atoms with Crippen molar-refractivity contribution >= 4 is 22.6 Å². The van der Waals surface area contributed by atoms with E-state index >= 15 is 0 Å². The van der Waals surface area contributed by atoms with Crippen molar-refractivity contribution in [1.82, 2.24) is 20.1 Å². The van der Waals surface area contributed by atoms with Crippen LogP contribution in [0.15, 0.2) is 42.5 Å². The third kappa shape index (κ3) is 2.94. The molecule has 4 rings (SSSR count). The third-order valence-electron chi connectivity index (χ3n) is 4.38. The Labute approximate surface area is 145 Å². The first-order chi connectivity index (χ1) is 12.3. The number of rotatable bonds is 3. The molecule has 7 nitrogen and oxygen atoms in total. The second-order valence-electron chi connectivity index (χ2n) is 5.93. The van der Waals surface area contributed by atoms with Crippen molar-refractivity contribution < 1.29 is 9.53 Å². The number of ether oxygens (including phenoxy) is 1. The lowest BCUT2D eigenvalue weighted by molar-refractivity contribution is -0.0247. The highest BCUT2D eigenvalue weighted by molar-refractivity contribution is 6.04. The van der Waals surface area contributed by atoms with Gasteiger partial charge in [-0.1, -0.05) is 24.3 Å². The van der Waals surface area contributed by atoms with Gasteiger partial charge in [-0.2, -0.15) is 5.10 Å². The fraction of sp³-hybridized carbons (Fsp3) is 0.278. The highest BCUT2D eigenvalue weighted by Crippen LogP contribution is 2.24. The summed E-state index contributed by atoms with van der Waals surface area (Å²) in [6.07, 6.45) is -0.240. The summed E-state index contributed by atoms with van der Waals surface area (Å²) >= 11 is 0.